The van der Waals surface area contributed by atoms with Crippen LogP contribution in [0, 0.1) is 5.92 Å². The van der Waals surface area contributed by atoms with Gasteiger partial charge in [-0.1, -0.05) is 0 Å². The largest absolute Gasteiger partial charge is 0.372 e. The molecule has 3 fully saturated rings. The average Bonchev–Trinajstić information content (AvgIpc) is 3.17. The number of aromatic nitrogens is 1. The molecule has 4 heterocycles. The van der Waals surface area contributed by atoms with Crippen LogP contribution in [0.3, 0.4) is 0 Å². The molecule has 0 bridgehead atoms. The zero-order chi connectivity index (χ0) is 15.0. The molecule has 0 N–H and O–H groups in total. The lowest BCUT2D eigenvalue weighted by molar-refractivity contribution is -0.139. The van der Waals surface area contributed by atoms with Gasteiger partial charge < -0.3 is 9.64 Å². The number of rotatable bonds is 5. The molecule has 6 heteroatoms. The van der Waals surface area contributed by atoms with E-state index in [1.54, 1.807) is 11.3 Å². The van der Waals surface area contributed by atoms with E-state index in [-0.39, 0.29) is 5.60 Å². The fraction of sp³-hybridized carbons (Fsp3) is 0.750. The topological polar surface area (TPSA) is 45.7 Å². The Kier molecular flexibility index (Phi) is 3.92. The van der Waals surface area contributed by atoms with Gasteiger partial charge in [0.2, 0.25) is 5.91 Å². The van der Waals surface area contributed by atoms with Crippen molar-refractivity contribution in [1.29, 1.82) is 0 Å². The standard InChI is InChI=1S/C16H23N3O2S/c20-15-2-1-6-19(15)7-3-13-4-8-21-16(13)11-18(12-16)10-14-17-5-9-22-14/h5,9,13H,1-4,6-8,10-12H2/t13-/m1/s1. The highest BCUT2D eigenvalue weighted by Crippen LogP contribution is 2.42. The summed E-state index contributed by atoms with van der Waals surface area (Å²) in [6.07, 6.45) is 5.89. The Bertz CT molecular complexity index is 528. The van der Waals surface area contributed by atoms with Gasteiger partial charge in [0.05, 0.1) is 12.1 Å². The van der Waals surface area contributed by atoms with Crippen LogP contribution in [-0.4, -0.2) is 59.1 Å². The maximum absolute atomic E-state index is 11.7. The van der Waals surface area contributed by atoms with Gasteiger partial charge in [-0.15, -0.1) is 11.3 Å². The molecule has 0 aromatic carbocycles. The summed E-state index contributed by atoms with van der Waals surface area (Å²) >= 11 is 1.72. The highest BCUT2D eigenvalue weighted by Gasteiger charge is 2.52. The van der Waals surface area contributed by atoms with Crippen molar-refractivity contribution < 1.29 is 9.53 Å². The monoisotopic (exact) mass is 321 g/mol. The quantitative estimate of drug-likeness (QED) is 0.829. The summed E-state index contributed by atoms with van der Waals surface area (Å²) in [4.78, 5) is 20.6. The summed E-state index contributed by atoms with van der Waals surface area (Å²) in [5.74, 6) is 0.945. The molecule has 5 nitrogen and oxygen atoms in total. The van der Waals surface area contributed by atoms with E-state index in [0.29, 0.717) is 11.8 Å². The average molecular weight is 321 g/mol. The predicted molar refractivity (Wildman–Crippen MR) is 84.6 cm³/mol. The number of hydrogen-bond donors (Lipinski definition) is 0. The Hall–Kier alpha value is -0.980. The first-order valence-electron chi connectivity index (χ1n) is 8.28. The van der Waals surface area contributed by atoms with Crippen molar-refractivity contribution >= 4 is 17.2 Å². The van der Waals surface area contributed by atoms with Gasteiger partial charge in [0.1, 0.15) is 5.01 Å². The van der Waals surface area contributed by atoms with Crippen molar-refractivity contribution in [2.24, 2.45) is 5.92 Å². The molecule has 1 atom stereocenters. The number of carbonyl (C=O) groups is 1. The smallest absolute Gasteiger partial charge is 0.222 e. The van der Waals surface area contributed by atoms with E-state index >= 15 is 0 Å². The molecule has 1 aromatic heterocycles. The second-order valence-corrected chi connectivity index (χ2v) is 7.72. The molecule has 0 radical (unpaired) electrons. The van der Waals surface area contributed by atoms with E-state index in [2.05, 4.69) is 9.88 Å². The number of amides is 1. The lowest BCUT2D eigenvalue weighted by Gasteiger charge is -2.50. The van der Waals surface area contributed by atoms with Crippen molar-refractivity contribution in [3.05, 3.63) is 16.6 Å². The molecule has 1 aromatic rings. The van der Waals surface area contributed by atoms with Crippen molar-refractivity contribution in [2.75, 3.05) is 32.8 Å². The molecule has 3 aliphatic rings. The van der Waals surface area contributed by atoms with E-state index in [9.17, 15) is 4.79 Å². The van der Waals surface area contributed by atoms with Gasteiger partial charge in [0.15, 0.2) is 0 Å². The van der Waals surface area contributed by atoms with Crippen molar-refractivity contribution in [1.82, 2.24) is 14.8 Å². The minimum atomic E-state index is 0.0556. The van der Waals surface area contributed by atoms with Gasteiger partial charge in [-0.25, -0.2) is 4.98 Å². The minimum absolute atomic E-state index is 0.0556. The van der Waals surface area contributed by atoms with E-state index in [0.717, 1.165) is 65.0 Å². The van der Waals surface area contributed by atoms with Gasteiger partial charge >= 0.3 is 0 Å². The number of carbonyl (C=O) groups excluding carboxylic acids is 1. The third kappa shape index (κ3) is 2.68. The molecule has 120 valence electrons. The van der Waals surface area contributed by atoms with Crippen LogP contribution in [0.1, 0.15) is 30.7 Å². The number of nitrogens with zero attached hydrogens (tertiary/aromatic N) is 3. The van der Waals surface area contributed by atoms with E-state index in [1.807, 2.05) is 16.5 Å². The fourth-order valence-electron chi connectivity index (χ4n) is 4.14. The zero-order valence-corrected chi connectivity index (χ0v) is 13.7. The van der Waals surface area contributed by atoms with E-state index in [1.165, 1.54) is 5.01 Å². The Labute approximate surface area is 135 Å². The minimum Gasteiger partial charge on any atom is -0.372 e. The maximum atomic E-state index is 11.7. The first kappa shape index (κ1) is 14.6. The molecule has 0 aliphatic carbocycles. The normalized spacial score (nSPS) is 27.7. The van der Waals surface area contributed by atoms with Crippen LogP contribution in [0.4, 0.5) is 0 Å². The van der Waals surface area contributed by atoms with Crippen LogP contribution in [0.2, 0.25) is 0 Å². The van der Waals surface area contributed by atoms with Gasteiger partial charge in [0.25, 0.3) is 0 Å². The molecular weight excluding hydrogens is 298 g/mol. The lowest BCUT2D eigenvalue weighted by atomic mass is 9.79. The first-order valence-corrected chi connectivity index (χ1v) is 9.16. The van der Waals surface area contributed by atoms with Crippen LogP contribution >= 0.6 is 11.3 Å². The zero-order valence-electron chi connectivity index (χ0n) is 12.9. The molecule has 0 unspecified atom stereocenters. The Morgan fingerprint density at radius 3 is 3.09 bits per heavy atom. The second kappa shape index (κ2) is 5.91. The summed E-state index contributed by atoms with van der Waals surface area (Å²) in [6, 6.07) is 0. The van der Waals surface area contributed by atoms with Gasteiger partial charge in [-0.3, -0.25) is 9.69 Å². The molecule has 1 spiro atoms. The molecule has 0 saturated carbocycles. The Balaban J connectivity index is 1.29. The van der Waals surface area contributed by atoms with Gasteiger partial charge in [-0.2, -0.15) is 0 Å². The third-order valence-electron chi connectivity index (χ3n) is 5.34. The Morgan fingerprint density at radius 1 is 1.45 bits per heavy atom. The fourth-order valence-corrected chi connectivity index (χ4v) is 4.80. The van der Waals surface area contributed by atoms with Gasteiger partial charge in [0, 0.05) is 50.8 Å². The Morgan fingerprint density at radius 2 is 2.36 bits per heavy atom. The summed E-state index contributed by atoms with van der Waals surface area (Å²) in [7, 11) is 0. The van der Waals surface area contributed by atoms with Crippen LogP contribution in [-0.2, 0) is 16.1 Å². The van der Waals surface area contributed by atoms with Crippen LogP contribution < -0.4 is 0 Å². The molecule has 3 aliphatic heterocycles. The molecular formula is C16H23N3O2S. The molecule has 4 rings (SSSR count). The highest BCUT2D eigenvalue weighted by atomic mass is 32.1. The van der Waals surface area contributed by atoms with Crippen molar-refractivity contribution in [2.45, 2.75) is 37.8 Å². The highest BCUT2D eigenvalue weighted by molar-refractivity contribution is 7.09. The summed E-state index contributed by atoms with van der Waals surface area (Å²) in [5, 5.41) is 3.22. The van der Waals surface area contributed by atoms with Crippen LogP contribution in [0.25, 0.3) is 0 Å². The summed E-state index contributed by atoms with van der Waals surface area (Å²) in [5.41, 5.74) is 0.0556. The number of hydrogen-bond acceptors (Lipinski definition) is 5. The number of likely N-dealkylation sites (tertiary alicyclic amines) is 2. The van der Waals surface area contributed by atoms with Crippen molar-refractivity contribution in [3.8, 4) is 0 Å². The predicted octanol–water partition coefficient (Wildman–Crippen LogP) is 1.75. The second-order valence-electron chi connectivity index (χ2n) is 6.74. The summed E-state index contributed by atoms with van der Waals surface area (Å²) in [6.45, 7) is 5.73. The molecule has 3 saturated heterocycles. The maximum Gasteiger partial charge on any atom is 0.222 e. The van der Waals surface area contributed by atoms with E-state index in [4.69, 9.17) is 4.74 Å². The third-order valence-corrected chi connectivity index (χ3v) is 6.11. The van der Waals surface area contributed by atoms with Crippen LogP contribution in [0.5, 0.6) is 0 Å². The first-order chi connectivity index (χ1) is 10.8. The molecule has 22 heavy (non-hydrogen) atoms. The van der Waals surface area contributed by atoms with E-state index < -0.39 is 0 Å². The lowest BCUT2D eigenvalue weighted by Crippen LogP contribution is -2.64. The van der Waals surface area contributed by atoms with Crippen LogP contribution in [0.15, 0.2) is 11.6 Å². The number of ether oxygens (including phenoxy) is 1. The number of thiazole rings is 1. The molecule has 1 amide bonds. The summed E-state index contributed by atoms with van der Waals surface area (Å²) < 4.78 is 6.12. The SMILES string of the molecule is O=C1CCCN1CC[C@@H]1CCOC12CN(Cc1nccs1)C2. The van der Waals surface area contributed by atoms with Crippen molar-refractivity contribution in [3.63, 3.8) is 0 Å². The van der Waals surface area contributed by atoms with Gasteiger partial charge in [-0.05, 0) is 25.2 Å².